The van der Waals surface area contributed by atoms with Crippen LogP contribution in [0.25, 0.3) is 0 Å². The van der Waals surface area contributed by atoms with Crippen LogP contribution >= 0.6 is 0 Å². The van der Waals surface area contributed by atoms with Gasteiger partial charge in [0.2, 0.25) is 15.9 Å². The van der Waals surface area contributed by atoms with Crippen molar-refractivity contribution in [2.45, 2.75) is 37.1 Å². The molecule has 6 heteroatoms. The van der Waals surface area contributed by atoms with Gasteiger partial charge in [0.15, 0.2) is 0 Å². The van der Waals surface area contributed by atoms with Crippen molar-refractivity contribution in [3.63, 3.8) is 0 Å². The van der Waals surface area contributed by atoms with E-state index in [0.717, 1.165) is 12.8 Å². The second-order valence-corrected chi connectivity index (χ2v) is 6.87. The van der Waals surface area contributed by atoms with Crippen molar-refractivity contribution in [1.82, 2.24) is 9.62 Å². The third-order valence-corrected chi connectivity index (χ3v) is 5.75. The largest absolute Gasteiger partial charge is 0.358 e. The second kappa shape index (κ2) is 5.93. The van der Waals surface area contributed by atoms with E-state index >= 15 is 0 Å². The summed E-state index contributed by atoms with van der Waals surface area (Å²) in [6, 6.07) is 6.28. The number of nitrogens with zero attached hydrogens (tertiary/aromatic N) is 1. The zero-order chi connectivity index (χ0) is 14.8. The van der Waals surface area contributed by atoms with Gasteiger partial charge in [0.05, 0.1) is 4.90 Å². The van der Waals surface area contributed by atoms with Crippen molar-refractivity contribution < 1.29 is 13.2 Å². The van der Waals surface area contributed by atoms with Gasteiger partial charge < -0.3 is 5.32 Å². The van der Waals surface area contributed by atoms with E-state index in [1.54, 1.807) is 31.2 Å². The molecular formula is C14H20N2O3S. The maximum Gasteiger partial charge on any atom is 0.244 e. The molecule has 1 heterocycles. The number of hydrogen-bond acceptors (Lipinski definition) is 3. The van der Waals surface area contributed by atoms with Crippen LogP contribution in [-0.2, 0) is 14.8 Å². The van der Waals surface area contributed by atoms with E-state index in [0.29, 0.717) is 18.5 Å². The molecule has 1 saturated heterocycles. The van der Waals surface area contributed by atoms with E-state index in [-0.39, 0.29) is 10.8 Å². The summed E-state index contributed by atoms with van der Waals surface area (Å²) in [4.78, 5) is 12.2. The molecule has 0 spiro atoms. The minimum atomic E-state index is -3.62. The van der Waals surface area contributed by atoms with Crippen molar-refractivity contribution in [3.05, 3.63) is 29.8 Å². The first kappa shape index (κ1) is 15.0. The highest BCUT2D eigenvalue weighted by atomic mass is 32.2. The van der Waals surface area contributed by atoms with Gasteiger partial charge in [0, 0.05) is 13.6 Å². The predicted molar refractivity (Wildman–Crippen MR) is 76.8 cm³/mol. The molecule has 110 valence electrons. The fraction of sp³-hybridized carbons (Fsp3) is 0.500. The molecule has 20 heavy (non-hydrogen) atoms. The molecule has 0 bridgehead atoms. The lowest BCUT2D eigenvalue weighted by atomic mass is 10.0. The molecule has 1 aromatic rings. The van der Waals surface area contributed by atoms with Crippen LogP contribution in [0.3, 0.4) is 0 Å². The molecule has 1 aliphatic rings. The van der Waals surface area contributed by atoms with E-state index in [9.17, 15) is 13.2 Å². The topological polar surface area (TPSA) is 66.5 Å². The molecule has 0 saturated carbocycles. The molecule has 1 aromatic carbocycles. The number of aryl methyl sites for hydroxylation is 1. The van der Waals surface area contributed by atoms with Crippen molar-refractivity contribution in [1.29, 1.82) is 0 Å². The zero-order valence-corrected chi connectivity index (χ0v) is 12.6. The second-order valence-electron chi connectivity index (χ2n) is 5.01. The maximum atomic E-state index is 12.8. The lowest BCUT2D eigenvalue weighted by molar-refractivity contribution is -0.125. The van der Waals surface area contributed by atoms with Gasteiger partial charge in [-0.3, -0.25) is 4.79 Å². The fourth-order valence-corrected chi connectivity index (χ4v) is 4.48. The smallest absolute Gasteiger partial charge is 0.244 e. The lowest BCUT2D eigenvalue weighted by Gasteiger charge is -2.33. The number of carbonyl (C=O) groups is 1. The maximum absolute atomic E-state index is 12.8. The van der Waals surface area contributed by atoms with Crippen LogP contribution < -0.4 is 5.32 Å². The van der Waals surface area contributed by atoms with Gasteiger partial charge in [-0.05, 0) is 31.4 Å². The van der Waals surface area contributed by atoms with Crippen LogP contribution in [0.4, 0.5) is 0 Å². The highest BCUT2D eigenvalue weighted by molar-refractivity contribution is 7.89. The SMILES string of the molecule is CNC(=O)C1CCCCN1S(=O)(=O)c1ccccc1C. The Morgan fingerprint density at radius 1 is 1.30 bits per heavy atom. The fourth-order valence-electron chi connectivity index (χ4n) is 2.59. The van der Waals surface area contributed by atoms with E-state index in [1.807, 2.05) is 0 Å². The molecule has 0 aliphatic carbocycles. The Kier molecular flexibility index (Phi) is 4.45. The van der Waals surface area contributed by atoms with Crippen LogP contribution in [0.2, 0.25) is 0 Å². The molecule has 0 radical (unpaired) electrons. The predicted octanol–water partition coefficient (Wildman–Crippen LogP) is 1.28. The van der Waals surface area contributed by atoms with E-state index < -0.39 is 16.1 Å². The van der Waals surface area contributed by atoms with E-state index in [1.165, 1.54) is 11.4 Å². The Hall–Kier alpha value is -1.40. The van der Waals surface area contributed by atoms with Crippen LogP contribution in [0.5, 0.6) is 0 Å². The van der Waals surface area contributed by atoms with Gasteiger partial charge in [0.25, 0.3) is 0 Å². The average Bonchev–Trinajstić information content (AvgIpc) is 2.46. The van der Waals surface area contributed by atoms with E-state index in [2.05, 4.69) is 5.32 Å². The van der Waals surface area contributed by atoms with Crippen molar-refractivity contribution in [2.75, 3.05) is 13.6 Å². The number of nitrogens with one attached hydrogen (secondary N) is 1. The lowest BCUT2D eigenvalue weighted by Crippen LogP contribution is -2.51. The zero-order valence-electron chi connectivity index (χ0n) is 11.8. The summed E-state index contributed by atoms with van der Waals surface area (Å²) >= 11 is 0. The number of sulfonamides is 1. The first-order valence-corrected chi connectivity index (χ1v) is 8.21. The highest BCUT2D eigenvalue weighted by Gasteiger charge is 2.37. The first-order valence-electron chi connectivity index (χ1n) is 6.77. The minimum Gasteiger partial charge on any atom is -0.358 e. The number of benzene rings is 1. The van der Waals surface area contributed by atoms with Crippen molar-refractivity contribution in [2.24, 2.45) is 0 Å². The number of amides is 1. The normalized spacial score (nSPS) is 20.6. The van der Waals surface area contributed by atoms with Crippen molar-refractivity contribution >= 4 is 15.9 Å². The average molecular weight is 296 g/mol. The minimum absolute atomic E-state index is 0.234. The molecule has 0 aromatic heterocycles. The third kappa shape index (κ3) is 2.71. The standard InChI is InChI=1S/C14H20N2O3S/c1-11-7-3-4-9-13(11)20(18,19)16-10-6-5-8-12(16)14(17)15-2/h3-4,7,9,12H,5-6,8,10H2,1-2H3,(H,15,17). The summed E-state index contributed by atoms with van der Waals surface area (Å²) in [5.74, 6) is -0.234. The molecular weight excluding hydrogens is 276 g/mol. The summed E-state index contributed by atoms with van der Waals surface area (Å²) in [6.45, 7) is 2.17. The number of hydrogen-bond donors (Lipinski definition) is 1. The molecule has 2 rings (SSSR count). The molecule has 5 nitrogen and oxygen atoms in total. The molecule has 1 N–H and O–H groups in total. The number of rotatable bonds is 3. The van der Waals surface area contributed by atoms with Gasteiger partial charge in [-0.1, -0.05) is 24.6 Å². The molecule has 1 atom stereocenters. The Bertz CT molecular complexity index is 598. The first-order chi connectivity index (χ1) is 9.48. The molecule has 1 unspecified atom stereocenters. The number of carbonyl (C=O) groups excluding carboxylic acids is 1. The molecule has 1 fully saturated rings. The third-order valence-electron chi connectivity index (χ3n) is 3.68. The van der Waals surface area contributed by atoms with Crippen LogP contribution in [0.1, 0.15) is 24.8 Å². The Morgan fingerprint density at radius 3 is 2.65 bits per heavy atom. The Morgan fingerprint density at radius 2 is 2.00 bits per heavy atom. The van der Waals surface area contributed by atoms with Gasteiger partial charge in [-0.25, -0.2) is 8.42 Å². The van der Waals surface area contributed by atoms with Crippen LogP contribution in [0, 0.1) is 6.92 Å². The summed E-state index contributed by atoms with van der Waals surface area (Å²) in [5.41, 5.74) is 0.703. The number of piperidine rings is 1. The van der Waals surface area contributed by atoms with Crippen molar-refractivity contribution in [3.8, 4) is 0 Å². The Labute approximate surface area is 120 Å². The summed E-state index contributed by atoms with van der Waals surface area (Å²) < 4.78 is 26.9. The quantitative estimate of drug-likeness (QED) is 0.914. The number of likely N-dealkylation sites (N-methyl/N-ethyl adjacent to an activating group) is 1. The van der Waals surface area contributed by atoms with Crippen LogP contribution in [-0.4, -0.2) is 38.3 Å². The highest BCUT2D eigenvalue weighted by Crippen LogP contribution is 2.27. The van der Waals surface area contributed by atoms with Gasteiger partial charge in [-0.2, -0.15) is 4.31 Å². The van der Waals surface area contributed by atoms with Gasteiger partial charge >= 0.3 is 0 Å². The van der Waals surface area contributed by atoms with E-state index in [4.69, 9.17) is 0 Å². The summed E-state index contributed by atoms with van der Waals surface area (Å²) in [6.07, 6.45) is 2.24. The van der Waals surface area contributed by atoms with Gasteiger partial charge in [-0.15, -0.1) is 0 Å². The summed E-state index contributed by atoms with van der Waals surface area (Å²) in [7, 11) is -2.09. The molecule has 1 aliphatic heterocycles. The monoisotopic (exact) mass is 296 g/mol. The molecule has 1 amide bonds. The Balaban J connectivity index is 2.41. The summed E-state index contributed by atoms with van der Waals surface area (Å²) in [5, 5.41) is 2.56. The van der Waals surface area contributed by atoms with Gasteiger partial charge in [0.1, 0.15) is 6.04 Å². The van der Waals surface area contributed by atoms with Crippen LogP contribution in [0.15, 0.2) is 29.2 Å².